The lowest BCUT2D eigenvalue weighted by Gasteiger charge is -2.44. The molecule has 41 heavy (non-hydrogen) atoms. The van der Waals surface area contributed by atoms with E-state index in [1.165, 1.54) is 6.21 Å². The SMILES string of the molecule is C/C=N\C(C)Oc1ccc(F)c(F)c1-c1nc2[nH]c(=O)nc(N3C[C@@H](C)N(C(=O)OC(C)(C)C)C[C@@H]3C)c2cc1F. The molecular weight excluding hydrogens is 541 g/mol. The molecule has 4 rings (SSSR count). The molecule has 3 aromatic rings. The van der Waals surface area contributed by atoms with E-state index in [0.29, 0.717) is 0 Å². The van der Waals surface area contributed by atoms with E-state index in [9.17, 15) is 14.0 Å². The highest BCUT2D eigenvalue weighted by Crippen LogP contribution is 2.37. The topological polar surface area (TPSA) is 113 Å². The molecule has 1 amide bonds. The van der Waals surface area contributed by atoms with Crippen LogP contribution < -0.4 is 15.3 Å². The summed E-state index contributed by atoms with van der Waals surface area (Å²) >= 11 is 0. The number of carbonyl (C=O) groups is 1. The normalized spacial score (nSPS) is 18.7. The minimum atomic E-state index is -1.36. The Balaban J connectivity index is 1.78. The maximum absolute atomic E-state index is 15.7. The van der Waals surface area contributed by atoms with E-state index in [0.717, 1.165) is 18.2 Å². The molecule has 0 bridgehead atoms. The second-order valence-electron chi connectivity index (χ2n) is 10.9. The highest BCUT2D eigenvalue weighted by Gasteiger charge is 2.36. The Morgan fingerprint density at radius 2 is 1.85 bits per heavy atom. The molecule has 1 unspecified atom stereocenters. The maximum Gasteiger partial charge on any atom is 0.410 e. The molecule has 10 nitrogen and oxygen atoms in total. The standard InChI is InChI=1S/C28H33F3N6O4/c1-8-32-16(4)40-20-10-9-18(29)22(31)21(20)23-19(30)11-17-24(33-23)34-26(38)35-25(17)36-12-15(3)37(13-14(36)2)27(39)41-28(5,6)7/h8-11,14-16H,12-13H2,1-7H3,(H,33,34,35,38)/b32-8-/t14-,15+,16?/m0/s1. The summed E-state index contributed by atoms with van der Waals surface area (Å²) in [5, 5.41) is 0.152. The van der Waals surface area contributed by atoms with Gasteiger partial charge in [-0.1, -0.05) is 0 Å². The van der Waals surface area contributed by atoms with Crippen molar-refractivity contribution in [3.05, 3.63) is 46.1 Å². The van der Waals surface area contributed by atoms with Crippen LogP contribution in [0.5, 0.6) is 5.75 Å². The molecule has 13 heteroatoms. The van der Waals surface area contributed by atoms with Crippen LogP contribution in [0.3, 0.4) is 0 Å². The van der Waals surface area contributed by atoms with Crippen LogP contribution >= 0.6 is 0 Å². The van der Waals surface area contributed by atoms with Gasteiger partial charge in [0.2, 0.25) is 0 Å². The number of nitrogens with zero attached hydrogens (tertiary/aromatic N) is 5. The molecule has 1 saturated heterocycles. The summed E-state index contributed by atoms with van der Waals surface area (Å²) in [6.07, 6.45) is 0.241. The molecule has 2 aromatic heterocycles. The number of nitrogens with one attached hydrogen (secondary N) is 1. The molecule has 0 spiro atoms. The van der Waals surface area contributed by atoms with E-state index < -0.39 is 52.3 Å². The zero-order chi connectivity index (χ0) is 30.2. The first-order valence-electron chi connectivity index (χ1n) is 13.2. The van der Waals surface area contributed by atoms with Crippen LogP contribution in [-0.2, 0) is 4.74 Å². The van der Waals surface area contributed by atoms with Crippen LogP contribution in [0.2, 0.25) is 0 Å². The van der Waals surface area contributed by atoms with Crippen LogP contribution in [0.25, 0.3) is 22.3 Å². The molecule has 3 heterocycles. The number of halogens is 3. The number of aromatic amines is 1. The lowest BCUT2D eigenvalue weighted by atomic mass is 10.1. The van der Waals surface area contributed by atoms with Gasteiger partial charge in [0, 0.05) is 25.2 Å². The van der Waals surface area contributed by atoms with Crippen molar-refractivity contribution >= 4 is 29.2 Å². The van der Waals surface area contributed by atoms with Crippen molar-refractivity contribution in [2.45, 2.75) is 72.4 Å². The maximum atomic E-state index is 15.7. The smallest absolute Gasteiger partial charge is 0.410 e. The van der Waals surface area contributed by atoms with Crippen molar-refractivity contribution in [2.24, 2.45) is 4.99 Å². The Kier molecular flexibility index (Phi) is 8.27. The number of benzene rings is 1. The number of hydrogen-bond acceptors (Lipinski definition) is 8. The summed E-state index contributed by atoms with van der Waals surface area (Å²) in [5.41, 5.74) is -2.62. The molecule has 0 aliphatic carbocycles. The van der Waals surface area contributed by atoms with Crippen LogP contribution in [0.4, 0.5) is 23.8 Å². The highest BCUT2D eigenvalue weighted by atomic mass is 19.2. The summed E-state index contributed by atoms with van der Waals surface area (Å²) in [5.74, 6) is -3.60. The molecular formula is C28H33F3N6O4. The first kappa shape index (κ1) is 29.8. The molecule has 1 aliphatic heterocycles. The van der Waals surface area contributed by atoms with Crippen molar-refractivity contribution in [3.8, 4) is 17.0 Å². The molecule has 220 valence electrons. The van der Waals surface area contributed by atoms with E-state index in [1.807, 2.05) is 13.8 Å². The average Bonchev–Trinajstić information content (AvgIpc) is 2.86. The monoisotopic (exact) mass is 574 g/mol. The van der Waals surface area contributed by atoms with Gasteiger partial charge in [0.1, 0.15) is 28.5 Å². The van der Waals surface area contributed by atoms with E-state index in [4.69, 9.17) is 9.47 Å². The zero-order valence-electron chi connectivity index (χ0n) is 24.0. The molecule has 1 aliphatic rings. The van der Waals surface area contributed by atoms with Crippen molar-refractivity contribution < 1.29 is 27.4 Å². The lowest BCUT2D eigenvalue weighted by Crippen LogP contribution is -2.59. The lowest BCUT2D eigenvalue weighted by molar-refractivity contribution is 0.0130. The minimum absolute atomic E-state index is 0.0833. The minimum Gasteiger partial charge on any atom is -0.468 e. The van der Waals surface area contributed by atoms with Crippen LogP contribution in [0, 0.1) is 17.5 Å². The third-order valence-electron chi connectivity index (χ3n) is 6.49. The van der Waals surface area contributed by atoms with Crippen LogP contribution in [-0.4, -0.2) is 69.2 Å². The number of pyridine rings is 1. The molecule has 1 N–H and O–H groups in total. The van der Waals surface area contributed by atoms with Gasteiger partial charge < -0.3 is 19.3 Å². The Hall–Kier alpha value is -4.16. The Labute approximate surface area is 235 Å². The fraction of sp³-hybridized carbons (Fsp3) is 0.464. The van der Waals surface area contributed by atoms with Gasteiger partial charge in [-0.05, 0) is 72.9 Å². The second kappa shape index (κ2) is 11.4. The molecule has 0 saturated carbocycles. The van der Waals surface area contributed by atoms with Crippen molar-refractivity contribution in [3.63, 3.8) is 0 Å². The Bertz CT molecular complexity index is 1550. The summed E-state index contributed by atoms with van der Waals surface area (Å²) in [6, 6.07) is 2.42. The fourth-order valence-corrected chi connectivity index (χ4v) is 4.71. The van der Waals surface area contributed by atoms with Gasteiger partial charge in [-0.3, -0.25) is 9.98 Å². The number of aromatic nitrogens is 3. The predicted octanol–water partition coefficient (Wildman–Crippen LogP) is 5.05. The number of piperazine rings is 1. The quantitative estimate of drug-likeness (QED) is 0.424. The third-order valence-corrected chi connectivity index (χ3v) is 6.49. The van der Waals surface area contributed by atoms with Gasteiger partial charge in [0.05, 0.1) is 10.9 Å². The van der Waals surface area contributed by atoms with Crippen LogP contribution in [0.1, 0.15) is 48.5 Å². The second-order valence-corrected chi connectivity index (χ2v) is 10.9. The van der Waals surface area contributed by atoms with E-state index in [-0.39, 0.29) is 47.8 Å². The summed E-state index contributed by atoms with van der Waals surface area (Å²) in [6.45, 7) is 12.8. The Morgan fingerprint density at radius 1 is 1.15 bits per heavy atom. The number of rotatable bonds is 5. The number of hydrogen-bond donors (Lipinski definition) is 1. The number of H-pyrrole nitrogens is 1. The summed E-state index contributed by atoms with van der Waals surface area (Å²) in [4.78, 5) is 43.5. The van der Waals surface area contributed by atoms with Gasteiger partial charge in [0.25, 0.3) is 0 Å². The summed E-state index contributed by atoms with van der Waals surface area (Å²) < 4.78 is 56.2. The van der Waals surface area contributed by atoms with Crippen LogP contribution in [0.15, 0.2) is 28.0 Å². The number of ether oxygens (including phenoxy) is 2. The van der Waals surface area contributed by atoms with Gasteiger partial charge in [-0.2, -0.15) is 4.98 Å². The first-order valence-corrected chi connectivity index (χ1v) is 13.2. The van der Waals surface area contributed by atoms with E-state index in [1.54, 1.807) is 44.4 Å². The van der Waals surface area contributed by atoms with Gasteiger partial charge >= 0.3 is 11.8 Å². The Morgan fingerprint density at radius 3 is 2.51 bits per heavy atom. The van der Waals surface area contributed by atoms with Gasteiger partial charge in [-0.25, -0.2) is 27.7 Å². The molecule has 1 fully saturated rings. The predicted molar refractivity (Wildman–Crippen MR) is 149 cm³/mol. The number of anilines is 1. The van der Waals surface area contributed by atoms with Crippen molar-refractivity contribution in [1.29, 1.82) is 0 Å². The zero-order valence-corrected chi connectivity index (χ0v) is 24.0. The fourth-order valence-electron chi connectivity index (χ4n) is 4.71. The number of fused-ring (bicyclic) bond motifs is 1. The number of carbonyl (C=O) groups excluding carboxylic acids is 1. The first-order chi connectivity index (χ1) is 19.2. The van der Waals surface area contributed by atoms with E-state index in [2.05, 4.69) is 19.9 Å². The van der Waals surface area contributed by atoms with Gasteiger partial charge in [-0.15, -0.1) is 0 Å². The molecule has 3 atom stereocenters. The van der Waals surface area contributed by atoms with Crippen molar-refractivity contribution in [2.75, 3.05) is 18.0 Å². The third kappa shape index (κ3) is 6.28. The largest absolute Gasteiger partial charge is 0.468 e. The highest BCUT2D eigenvalue weighted by molar-refractivity contribution is 5.89. The van der Waals surface area contributed by atoms with Gasteiger partial charge in [0.15, 0.2) is 23.7 Å². The van der Waals surface area contributed by atoms with Crippen molar-refractivity contribution in [1.82, 2.24) is 19.9 Å². The number of amides is 1. The number of aliphatic imine (C=N–C) groups is 1. The summed E-state index contributed by atoms with van der Waals surface area (Å²) in [7, 11) is 0. The van der Waals surface area contributed by atoms with E-state index >= 15 is 8.78 Å². The average molecular weight is 575 g/mol. The molecule has 0 radical (unpaired) electrons. The molecule has 1 aromatic carbocycles.